The fourth-order valence-corrected chi connectivity index (χ4v) is 3.51. The molecule has 1 aromatic carbocycles. The van der Waals surface area contributed by atoms with Crippen LogP contribution in [0.3, 0.4) is 0 Å². The van der Waals surface area contributed by atoms with Crippen molar-refractivity contribution in [3.8, 4) is 5.75 Å². The maximum atomic E-state index is 12.9. The molecule has 9 heteroatoms. The quantitative estimate of drug-likeness (QED) is 0.628. The van der Waals surface area contributed by atoms with Crippen molar-refractivity contribution in [2.45, 2.75) is 31.4 Å². The number of hydrogen-bond acceptors (Lipinski definition) is 5. The van der Waals surface area contributed by atoms with E-state index >= 15 is 0 Å². The molecule has 2 aliphatic rings. The summed E-state index contributed by atoms with van der Waals surface area (Å²) in [4.78, 5) is 15.9. The first-order valence-corrected chi connectivity index (χ1v) is 9.91. The van der Waals surface area contributed by atoms with Gasteiger partial charge < -0.3 is 19.9 Å². The topological polar surface area (TPSA) is 80.7 Å². The molecule has 164 valence electrons. The zero-order chi connectivity index (χ0) is 22.0. The van der Waals surface area contributed by atoms with Crippen LogP contribution in [0.15, 0.2) is 36.7 Å². The Hall–Kier alpha value is -3.07. The number of benzene rings is 1. The van der Waals surface area contributed by atoms with Crippen LogP contribution in [0, 0.1) is 0 Å². The van der Waals surface area contributed by atoms with Gasteiger partial charge in [-0.3, -0.25) is 4.98 Å². The summed E-state index contributed by atoms with van der Waals surface area (Å²) in [5.74, 6) is -0.787. The third-order valence-corrected chi connectivity index (χ3v) is 5.18. The number of alkyl halides is 3. The van der Waals surface area contributed by atoms with E-state index in [1.165, 1.54) is 12.4 Å². The molecule has 6 nitrogen and oxygen atoms in total. The van der Waals surface area contributed by atoms with Gasteiger partial charge in [-0.15, -0.1) is 0 Å². The zero-order valence-electron chi connectivity index (χ0n) is 16.5. The number of anilines is 2. The van der Waals surface area contributed by atoms with Crippen molar-refractivity contribution in [3.63, 3.8) is 0 Å². The lowest BCUT2D eigenvalue weighted by molar-refractivity contribution is -0.153. The van der Waals surface area contributed by atoms with Gasteiger partial charge in [0.05, 0.1) is 30.7 Å². The van der Waals surface area contributed by atoms with E-state index in [1.807, 2.05) is 6.07 Å². The van der Waals surface area contributed by atoms with Crippen molar-refractivity contribution in [1.29, 1.82) is 0 Å². The maximum Gasteiger partial charge on any atom is 0.422 e. The first-order valence-electron chi connectivity index (χ1n) is 9.91. The summed E-state index contributed by atoms with van der Waals surface area (Å²) in [6.45, 7) is -0.694. The summed E-state index contributed by atoms with van der Waals surface area (Å²) in [5.41, 5.74) is 2.59. The Balaban J connectivity index is 1.72. The molecule has 0 saturated heterocycles. The Bertz CT molecular complexity index is 1020. The fraction of sp³-hybridized carbons (Fsp3) is 0.364. The molecule has 2 heterocycles. The molecule has 0 unspecified atom stereocenters. The molecule has 31 heavy (non-hydrogen) atoms. The molecular weight excluding hydrogens is 413 g/mol. The van der Waals surface area contributed by atoms with E-state index in [0.29, 0.717) is 31.1 Å². The molecule has 2 N–H and O–H groups in total. The summed E-state index contributed by atoms with van der Waals surface area (Å²) in [6.07, 6.45) is 2.57. The van der Waals surface area contributed by atoms with Gasteiger partial charge in [-0.05, 0) is 48.4 Å². The van der Waals surface area contributed by atoms with Crippen LogP contribution in [0.5, 0.6) is 5.75 Å². The Kier molecular flexibility index (Phi) is 5.86. The Labute approximate surface area is 176 Å². The van der Waals surface area contributed by atoms with Crippen LogP contribution in [0.1, 0.15) is 46.7 Å². The highest BCUT2D eigenvalue weighted by Gasteiger charge is 2.30. The van der Waals surface area contributed by atoms with Crippen LogP contribution in [-0.2, 0) is 4.74 Å². The highest BCUT2D eigenvalue weighted by Crippen LogP contribution is 2.42. The Morgan fingerprint density at radius 2 is 2.06 bits per heavy atom. The number of nitrogens with one attached hydrogen (secondary N) is 1. The molecule has 1 saturated carbocycles. The molecule has 0 atom stereocenters. The lowest BCUT2D eigenvalue weighted by Crippen LogP contribution is -2.20. The van der Waals surface area contributed by atoms with E-state index in [2.05, 4.69) is 10.3 Å². The second-order valence-electron chi connectivity index (χ2n) is 7.53. The number of halogens is 3. The van der Waals surface area contributed by atoms with Crippen molar-refractivity contribution in [3.05, 3.63) is 53.4 Å². The predicted molar refractivity (Wildman–Crippen MR) is 108 cm³/mol. The number of ether oxygens (including phenoxy) is 2. The number of aromatic nitrogens is 1. The third-order valence-electron chi connectivity index (χ3n) is 5.18. The van der Waals surface area contributed by atoms with Crippen LogP contribution < -0.4 is 10.1 Å². The minimum atomic E-state index is -4.53. The average molecular weight is 434 g/mol. The number of aromatic carboxylic acids is 1. The fourth-order valence-electron chi connectivity index (χ4n) is 3.51. The number of nitrogens with zero attached hydrogens (tertiary/aromatic N) is 1. The standard InChI is InChI=1S/C22H21F3N2O4/c23-22(24,25)12-31-20-17(14-5-7-30-8-6-14)10-26-11-19(20)27-18-4-3-15(13-1-2-13)9-16(18)21(28)29/h3-5,9-11,13,27H,1-2,6-8,12H2,(H,28,29). The van der Waals surface area contributed by atoms with Crippen molar-refractivity contribution >= 4 is 22.9 Å². The van der Waals surface area contributed by atoms with Gasteiger partial charge in [0.15, 0.2) is 12.4 Å². The van der Waals surface area contributed by atoms with Gasteiger partial charge in [0, 0.05) is 11.8 Å². The molecular formula is C22H21F3N2O4. The number of hydrogen-bond donors (Lipinski definition) is 2. The predicted octanol–water partition coefficient (Wildman–Crippen LogP) is 5.15. The van der Waals surface area contributed by atoms with Gasteiger partial charge in [0.1, 0.15) is 5.69 Å². The molecule has 1 aliphatic carbocycles. The summed E-state index contributed by atoms with van der Waals surface area (Å²) in [6, 6.07) is 5.07. The van der Waals surface area contributed by atoms with Gasteiger partial charge in [-0.1, -0.05) is 12.1 Å². The SMILES string of the molecule is O=C(O)c1cc(C2CC2)ccc1Nc1cncc(C2=CCOCC2)c1OCC(F)(F)F. The highest BCUT2D eigenvalue weighted by atomic mass is 19.4. The highest BCUT2D eigenvalue weighted by molar-refractivity contribution is 5.96. The van der Waals surface area contributed by atoms with Gasteiger partial charge in [0.2, 0.25) is 0 Å². The molecule has 1 aromatic heterocycles. The van der Waals surface area contributed by atoms with E-state index in [1.54, 1.807) is 18.2 Å². The third kappa shape index (κ3) is 5.16. The monoisotopic (exact) mass is 434 g/mol. The second-order valence-corrected chi connectivity index (χ2v) is 7.53. The van der Waals surface area contributed by atoms with Crippen LogP contribution in [0.25, 0.3) is 5.57 Å². The first kappa shape index (κ1) is 21.2. The smallest absolute Gasteiger partial charge is 0.422 e. The lowest BCUT2D eigenvalue weighted by Gasteiger charge is -2.21. The van der Waals surface area contributed by atoms with Crippen molar-refractivity contribution in [2.75, 3.05) is 25.1 Å². The largest absolute Gasteiger partial charge is 0.481 e. The van der Waals surface area contributed by atoms with Crippen molar-refractivity contribution in [1.82, 2.24) is 4.98 Å². The summed E-state index contributed by atoms with van der Waals surface area (Å²) in [7, 11) is 0. The second kappa shape index (κ2) is 8.58. The molecule has 1 aliphatic heterocycles. The van der Waals surface area contributed by atoms with E-state index in [4.69, 9.17) is 9.47 Å². The first-order chi connectivity index (χ1) is 14.8. The Morgan fingerprint density at radius 3 is 2.71 bits per heavy atom. The molecule has 1 fully saturated rings. The van der Waals surface area contributed by atoms with Gasteiger partial charge >= 0.3 is 12.1 Å². The number of carboxylic acid groups (broad SMARTS) is 1. The number of rotatable bonds is 7. The molecule has 0 bridgehead atoms. The average Bonchev–Trinajstić information content (AvgIpc) is 3.58. The zero-order valence-corrected chi connectivity index (χ0v) is 16.5. The molecule has 0 radical (unpaired) electrons. The van der Waals surface area contributed by atoms with Crippen LogP contribution in [-0.4, -0.2) is 42.1 Å². The van der Waals surface area contributed by atoms with Crippen LogP contribution >= 0.6 is 0 Å². The molecule has 4 rings (SSSR count). The summed E-state index contributed by atoms with van der Waals surface area (Å²) >= 11 is 0. The minimum Gasteiger partial charge on any atom is -0.481 e. The van der Waals surface area contributed by atoms with E-state index in [9.17, 15) is 23.1 Å². The summed E-state index contributed by atoms with van der Waals surface area (Å²) < 4.78 is 49.1. The van der Waals surface area contributed by atoms with Gasteiger partial charge in [-0.2, -0.15) is 13.2 Å². The summed E-state index contributed by atoms with van der Waals surface area (Å²) in [5, 5.41) is 12.6. The normalized spacial score (nSPS) is 16.5. The molecule has 2 aromatic rings. The van der Waals surface area contributed by atoms with Crippen molar-refractivity contribution in [2.24, 2.45) is 0 Å². The maximum absolute atomic E-state index is 12.9. The van der Waals surface area contributed by atoms with E-state index in [0.717, 1.165) is 24.0 Å². The lowest BCUT2D eigenvalue weighted by atomic mass is 10.0. The minimum absolute atomic E-state index is 0.0249. The number of carboxylic acids is 1. The van der Waals surface area contributed by atoms with E-state index in [-0.39, 0.29) is 22.7 Å². The van der Waals surface area contributed by atoms with Crippen LogP contribution in [0.4, 0.5) is 24.5 Å². The Morgan fingerprint density at radius 1 is 1.26 bits per heavy atom. The van der Waals surface area contributed by atoms with E-state index < -0.39 is 18.8 Å². The van der Waals surface area contributed by atoms with Crippen LogP contribution in [0.2, 0.25) is 0 Å². The van der Waals surface area contributed by atoms with Gasteiger partial charge in [0.25, 0.3) is 0 Å². The molecule has 0 spiro atoms. The van der Waals surface area contributed by atoms with Crippen molar-refractivity contribution < 1.29 is 32.5 Å². The number of carbonyl (C=O) groups is 1. The van der Waals surface area contributed by atoms with Gasteiger partial charge in [-0.25, -0.2) is 4.79 Å². The molecule has 0 amide bonds. The number of pyridine rings is 1.